The third kappa shape index (κ3) is 2.01. The van der Waals surface area contributed by atoms with Crippen molar-refractivity contribution in [3.8, 4) is 11.1 Å². The summed E-state index contributed by atoms with van der Waals surface area (Å²) in [5, 5.41) is 13.7. The zero-order chi connectivity index (χ0) is 10.7. The fourth-order valence-corrected chi connectivity index (χ4v) is 2.18. The molecule has 1 nitrogen and oxygen atoms in total. The average molecular weight is 214 g/mol. The molecular formula is C13H10OS. The number of hydrogen-bond acceptors (Lipinski definition) is 2. The molecule has 1 aromatic heterocycles. The summed E-state index contributed by atoms with van der Waals surface area (Å²) >= 11 is 1.62. The first-order valence-electron chi connectivity index (χ1n) is 4.63. The molecule has 0 saturated heterocycles. The Labute approximate surface area is 93.3 Å². The van der Waals surface area contributed by atoms with Crippen molar-refractivity contribution in [3.05, 3.63) is 59.3 Å². The quantitative estimate of drug-likeness (QED) is 0.831. The van der Waals surface area contributed by atoms with Crippen LogP contribution >= 0.6 is 11.3 Å². The van der Waals surface area contributed by atoms with Crippen molar-refractivity contribution in [3.63, 3.8) is 0 Å². The van der Waals surface area contributed by atoms with Gasteiger partial charge in [-0.2, -0.15) is 11.3 Å². The third-order valence-corrected chi connectivity index (χ3v) is 2.95. The summed E-state index contributed by atoms with van der Waals surface area (Å²) in [4.78, 5) is 0. The Hall–Kier alpha value is -1.38. The second-order valence-corrected chi connectivity index (χ2v) is 3.99. The van der Waals surface area contributed by atoms with Crippen LogP contribution in [0.1, 0.15) is 11.7 Å². The summed E-state index contributed by atoms with van der Waals surface area (Å²) in [5.41, 5.74) is 2.87. The summed E-state index contributed by atoms with van der Waals surface area (Å²) in [6.45, 7) is 7.10. The number of hydrogen-bond donors (Lipinski definition) is 1. The summed E-state index contributed by atoms with van der Waals surface area (Å²) < 4.78 is 0. The predicted molar refractivity (Wildman–Crippen MR) is 62.5 cm³/mol. The Morgan fingerprint density at radius 3 is 2.73 bits per heavy atom. The van der Waals surface area contributed by atoms with Gasteiger partial charge in [0.15, 0.2) is 0 Å². The van der Waals surface area contributed by atoms with Gasteiger partial charge in [0.1, 0.15) is 0 Å². The lowest BCUT2D eigenvalue weighted by molar-refractivity contribution is 0.229. The smallest absolute Gasteiger partial charge is 0.0986 e. The minimum Gasteiger partial charge on any atom is -0.384 e. The maximum absolute atomic E-state index is 9.67. The summed E-state index contributed by atoms with van der Waals surface area (Å²) in [6, 6.07) is 9.64. The monoisotopic (exact) mass is 214 g/mol. The Balaban J connectivity index is 2.52. The van der Waals surface area contributed by atoms with Gasteiger partial charge in [0.05, 0.1) is 6.10 Å². The van der Waals surface area contributed by atoms with Crippen LogP contribution in [0.15, 0.2) is 47.2 Å². The molecule has 2 heteroatoms. The second-order valence-electron chi connectivity index (χ2n) is 3.21. The van der Waals surface area contributed by atoms with Crippen molar-refractivity contribution < 1.29 is 5.11 Å². The van der Waals surface area contributed by atoms with Crippen molar-refractivity contribution >= 4 is 11.3 Å². The van der Waals surface area contributed by atoms with E-state index < -0.39 is 6.10 Å². The highest BCUT2D eigenvalue weighted by Gasteiger charge is 2.09. The molecule has 0 saturated carbocycles. The first kappa shape index (κ1) is 10.1. The van der Waals surface area contributed by atoms with Gasteiger partial charge in [-0.05, 0) is 46.2 Å². The van der Waals surface area contributed by atoms with E-state index in [9.17, 15) is 5.11 Å². The molecule has 1 aromatic carbocycles. The zero-order valence-electron chi connectivity index (χ0n) is 8.05. The molecule has 1 atom stereocenters. The summed E-state index contributed by atoms with van der Waals surface area (Å²) in [5.74, 6) is 0. The van der Waals surface area contributed by atoms with E-state index in [2.05, 4.69) is 0 Å². The van der Waals surface area contributed by atoms with E-state index in [-0.39, 0.29) is 0 Å². The number of thiophene rings is 1. The van der Waals surface area contributed by atoms with E-state index in [1.54, 1.807) is 11.3 Å². The maximum atomic E-state index is 9.67. The topological polar surface area (TPSA) is 20.2 Å². The Morgan fingerprint density at radius 2 is 2.07 bits per heavy atom. The molecule has 0 aliphatic rings. The molecule has 1 unspecified atom stereocenters. The van der Waals surface area contributed by atoms with Crippen molar-refractivity contribution in [2.45, 2.75) is 6.10 Å². The average Bonchev–Trinajstić information content (AvgIpc) is 2.81. The van der Waals surface area contributed by atoms with Crippen LogP contribution in [0.4, 0.5) is 0 Å². The molecule has 0 bridgehead atoms. The fourth-order valence-electron chi connectivity index (χ4n) is 1.53. The van der Waals surface area contributed by atoms with E-state index in [0.29, 0.717) is 0 Å². The number of aliphatic hydroxyl groups excluding tert-OH is 1. The van der Waals surface area contributed by atoms with Gasteiger partial charge in [0, 0.05) is 0 Å². The van der Waals surface area contributed by atoms with E-state index in [1.165, 1.54) is 0 Å². The minimum atomic E-state index is -0.818. The number of rotatable bonds is 3. The van der Waals surface area contributed by atoms with Gasteiger partial charge < -0.3 is 5.11 Å². The van der Waals surface area contributed by atoms with Gasteiger partial charge in [-0.25, -0.2) is 0 Å². The Bertz CT molecular complexity index is 445. The van der Waals surface area contributed by atoms with E-state index in [0.717, 1.165) is 22.8 Å². The molecule has 2 rings (SSSR count). The van der Waals surface area contributed by atoms with E-state index in [4.69, 9.17) is 6.58 Å². The lowest BCUT2D eigenvalue weighted by Gasteiger charge is -2.10. The van der Waals surface area contributed by atoms with Gasteiger partial charge in [-0.15, -0.1) is 0 Å². The molecule has 15 heavy (non-hydrogen) atoms. The van der Waals surface area contributed by atoms with E-state index in [1.807, 2.05) is 41.1 Å². The Kier molecular flexibility index (Phi) is 2.99. The summed E-state index contributed by atoms with van der Waals surface area (Å²) in [6.07, 6.45) is 0.228. The standard InChI is InChI=1S/C13H10OS/c1-2-13(14)12-6-4-3-5-11(12)10-7-8-15-9-10/h2-9,13-14H. The molecule has 0 spiro atoms. The normalized spacial score (nSPS) is 12.3. The highest BCUT2D eigenvalue weighted by molar-refractivity contribution is 7.08. The highest BCUT2D eigenvalue weighted by atomic mass is 32.1. The van der Waals surface area contributed by atoms with Gasteiger partial charge >= 0.3 is 0 Å². The van der Waals surface area contributed by atoms with Crippen LogP contribution in [0, 0.1) is 6.58 Å². The van der Waals surface area contributed by atoms with Crippen molar-refractivity contribution in [2.75, 3.05) is 0 Å². The van der Waals surface area contributed by atoms with Crippen molar-refractivity contribution in [1.29, 1.82) is 0 Å². The van der Waals surface area contributed by atoms with Crippen LogP contribution in [-0.2, 0) is 0 Å². The Morgan fingerprint density at radius 1 is 1.27 bits per heavy atom. The number of benzene rings is 1. The first-order chi connectivity index (χ1) is 7.33. The maximum Gasteiger partial charge on any atom is 0.0986 e. The molecule has 2 radical (unpaired) electrons. The van der Waals surface area contributed by atoms with Gasteiger partial charge in [0.2, 0.25) is 0 Å². The van der Waals surface area contributed by atoms with Crippen LogP contribution in [-0.4, -0.2) is 5.11 Å². The van der Waals surface area contributed by atoms with Crippen molar-refractivity contribution in [2.24, 2.45) is 0 Å². The van der Waals surface area contributed by atoms with Crippen LogP contribution in [0.2, 0.25) is 0 Å². The lowest BCUT2D eigenvalue weighted by atomic mass is 9.98. The molecule has 0 aliphatic carbocycles. The summed E-state index contributed by atoms with van der Waals surface area (Å²) in [7, 11) is 0. The molecule has 2 aromatic rings. The molecule has 1 N–H and O–H groups in total. The predicted octanol–water partition coefficient (Wildman–Crippen LogP) is 3.31. The minimum absolute atomic E-state index is 0.783. The van der Waals surface area contributed by atoms with Gasteiger partial charge in [-0.3, -0.25) is 0 Å². The van der Waals surface area contributed by atoms with Crippen LogP contribution in [0.5, 0.6) is 0 Å². The molecule has 0 fully saturated rings. The lowest BCUT2D eigenvalue weighted by Crippen LogP contribution is -1.95. The molecule has 74 valence electrons. The van der Waals surface area contributed by atoms with E-state index >= 15 is 0 Å². The second kappa shape index (κ2) is 4.43. The SMILES string of the molecule is [C]=CC(O)c1ccccc1-c1ccsc1. The zero-order valence-corrected chi connectivity index (χ0v) is 8.87. The van der Waals surface area contributed by atoms with Crippen LogP contribution in [0.25, 0.3) is 11.1 Å². The highest BCUT2D eigenvalue weighted by Crippen LogP contribution is 2.29. The molecule has 0 aliphatic heterocycles. The molecule has 0 amide bonds. The number of aliphatic hydroxyl groups is 1. The van der Waals surface area contributed by atoms with Gasteiger partial charge in [-0.1, -0.05) is 24.3 Å². The van der Waals surface area contributed by atoms with Gasteiger partial charge in [0.25, 0.3) is 0 Å². The van der Waals surface area contributed by atoms with Crippen LogP contribution < -0.4 is 0 Å². The fraction of sp³-hybridized carbons (Fsp3) is 0.0769. The third-order valence-electron chi connectivity index (χ3n) is 2.27. The van der Waals surface area contributed by atoms with Crippen molar-refractivity contribution in [1.82, 2.24) is 0 Å². The molecule has 1 heterocycles. The first-order valence-corrected chi connectivity index (χ1v) is 5.57. The van der Waals surface area contributed by atoms with Crippen LogP contribution in [0.3, 0.4) is 0 Å². The molecular weight excluding hydrogens is 204 g/mol. The largest absolute Gasteiger partial charge is 0.384 e.